The van der Waals surface area contributed by atoms with Gasteiger partial charge in [-0.05, 0) is 31.7 Å². The average molecular weight is 235 g/mol. The van der Waals surface area contributed by atoms with E-state index in [1.165, 1.54) is 37.8 Å². The summed E-state index contributed by atoms with van der Waals surface area (Å²) in [4.78, 5) is 4.24. The number of aryl methyl sites for hydroxylation is 1. The van der Waals surface area contributed by atoms with Crippen LogP contribution in [0.5, 0.6) is 0 Å². The predicted molar refractivity (Wildman–Crippen MR) is 70.7 cm³/mol. The Morgan fingerprint density at radius 2 is 2.12 bits per heavy atom. The van der Waals surface area contributed by atoms with Crippen LogP contribution in [0.15, 0.2) is 12.5 Å². The third-order valence-corrected chi connectivity index (χ3v) is 4.42. The van der Waals surface area contributed by atoms with Crippen LogP contribution in [0.4, 0.5) is 0 Å². The second-order valence-corrected chi connectivity index (χ2v) is 5.38. The van der Waals surface area contributed by atoms with Crippen LogP contribution >= 0.6 is 0 Å². The van der Waals surface area contributed by atoms with Crippen LogP contribution in [0, 0.1) is 11.8 Å². The van der Waals surface area contributed by atoms with Crippen LogP contribution in [0.1, 0.15) is 50.8 Å². The number of nitrogens with zero attached hydrogens (tertiary/aromatic N) is 2. The molecule has 0 aromatic carbocycles. The van der Waals surface area contributed by atoms with Gasteiger partial charge in [0, 0.05) is 13.2 Å². The highest BCUT2D eigenvalue weighted by molar-refractivity contribution is 5.07. The number of aromatic nitrogens is 2. The van der Waals surface area contributed by atoms with Gasteiger partial charge in [0.2, 0.25) is 0 Å². The molecule has 0 bridgehead atoms. The van der Waals surface area contributed by atoms with Gasteiger partial charge < -0.3 is 9.88 Å². The molecule has 17 heavy (non-hydrogen) atoms. The first kappa shape index (κ1) is 12.6. The van der Waals surface area contributed by atoms with Crippen molar-refractivity contribution in [2.45, 2.75) is 45.1 Å². The Morgan fingerprint density at radius 1 is 1.41 bits per heavy atom. The van der Waals surface area contributed by atoms with Crippen molar-refractivity contribution in [3.8, 4) is 0 Å². The molecule has 1 aromatic heterocycles. The standard InChI is InChI=1S/C14H25N3/c1-4-11-5-7-12(8-6-11)14(15-2)13-9-16-10-17(13)3/h9-12,14-15H,4-8H2,1-3H3. The third-order valence-electron chi connectivity index (χ3n) is 4.42. The first-order valence-corrected chi connectivity index (χ1v) is 6.89. The Balaban J connectivity index is 2.03. The Labute approximate surface area is 105 Å². The van der Waals surface area contributed by atoms with Crippen molar-refractivity contribution in [3.63, 3.8) is 0 Å². The number of nitrogens with one attached hydrogen (secondary N) is 1. The molecule has 1 aliphatic carbocycles. The van der Waals surface area contributed by atoms with Gasteiger partial charge in [0.25, 0.3) is 0 Å². The van der Waals surface area contributed by atoms with Gasteiger partial charge in [0.15, 0.2) is 0 Å². The van der Waals surface area contributed by atoms with Crippen molar-refractivity contribution in [2.75, 3.05) is 7.05 Å². The van der Waals surface area contributed by atoms with E-state index in [9.17, 15) is 0 Å². The largest absolute Gasteiger partial charge is 0.336 e. The van der Waals surface area contributed by atoms with Crippen molar-refractivity contribution in [3.05, 3.63) is 18.2 Å². The second kappa shape index (κ2) is 5.67. The van der Waals surface area contributed by atoms with Gasteiger partial charge in [-0.1, -0.05) is 26.2 Å². The van der Waals surface area contributed by atoms with E-state index in [0.717, 1.165) is 11.8 Å². The monoisotopic (exact) mass is 235 g/mol. The van der Waals surface area contributed by atoms with Crippen LogP contribution in [0.3, 0.4) is 0 Å². The van der Waals surface area contributed by atoms with Crippen molar-refractivity contribution < 1.29 is 0 Å². The molecule has 96 valence electrons. The first-order chi connectivity index (χ1) is 8.26. The van der Waals surface area contributed by atoms with Crippen molar-refractivity contribution in [1.29, 1.82) is 0 Å². The van der Waals surface area contributed by atoms with Crippen molar-refractivity contribution in [1.82, 2.24) is 14.9 Å². The van der Waals surface area contributed by atoms with E-state index in [1.807, 2.05) is 12.5 Å². The molecule has 1 fully saturated rings. The van der Waals surface area contributed by atoms with E-state index in [4.69, 9.17) is 0 Å². The highest BCUT2D eigenvalue weighted by atomic mass is 15.1. The molecule has 0 saturated heterocycles. The molecule has 0 radical (unpaired) electrons. The summed E-state index contributed by atoms with van der Waals surface area (Å²) in [5.41, 5.74) is 1.33. The minimum absolute atomic E-state index is 0.473. The van der Waals surface area contributed by atoms with Gasteiger partial charge in [-0.2, -0.15) is 0 Å². The topological polar surface area (TPSA) is 29.9 Å². The molecular weight excluding hydrogens is 210 g/mol. The van der Waals surface area contributed by atoms with E-state index < -0.39 is 0 Å². The number of rotatable bonds is 4. The quantitative estimate of drug-likeness (QED) is 0.869. The lowest BCUT2D eigenvalue weighted by Gasteiger charge is -2.33. The normalized spacial score (nSPS) is 27.0. The van der Waals surface area contributed by atoms with Crippen LogP contribution in [0.25, 0.3) is 0 Å². The lowest BCUT2D eigenvalue weighted by molar-refractivity contribution is 0.220. The third kappa shape index (κ3) is 2.71. The molecule has 1 unspecified atom stereocenters. The zero-order chi connectivity index (χ0) is 12.3. The summed E-state index contributed by atoms with van der Waals surface area (Å²) in [5.74, 6) is 1.74. The zero-order valence-electron chi connectivity index (χ0n) is 11.3. The maximum atomic E-state index is 4.24. The van der Waals surface area contributed by atoms with Gasteiger partial charge in [-0.3, -0.25) is 0 Å². The van der Waals surface area contributed by atoms with Gasteiger partial charge in [0.05, 0.1) is 18.1 Å². The highest BCUT2D eigenvalue weighted by Gasteiger charge is 2.28. The fourth-order valence-corrected chi connectivity index (χ4v) is 3.22. The van der Waals surface area contributed by atoms with Gasteiger partial charge >= 0.3 is 0 Å². The van der Waals surface area contributed by atoms with Gasteiger partial charge in [-0.25, -0.2) is 4.98 Å². The van der Waals surface area contributed by atoms with E-state index in [0.29, 0.717) is 6.04 Å². The van der Waals surface area contributed by atoms with E-state index in [2.05, 4.69) is 35.9 Å². The molecule has 0 amide bonds. The SMILES string of the molecule is CCC1CCC(C(NC)c2cncn2C)CC1. The lowest BCUT2D eigenvalue weighted by Crippen LogP contribution is -2.30. The van der Waals surface area contributed by atoms with Crippen LogP contribution in [0.2, 0.25) is 0 Å². The second-order valence-electron chi connectivity index (χ2n) is 5.38. The molecule has 0 aliphatic heterocycles. The summed E-state index contributed by atoms with van der Waals surface area (Å²) in [6.07, 6.45) is 10.8. The Hall–Kier alpha value is -0.830. The summed E-state index contributed by atoms with van der Waals surface area (Å²) in [5, 5.41) is 3.49. The van der Waals surface area contributed by atoms with Gasteiger partial charge in [-0.15, -0.1) is 0 Å². The lowest BCUT2D eigenvalue weighted by atomic mass is 9.77. The Morgan fingerprint density at radius 3 is 2.59 bits per heavy atom. The summed E-state index contributed by atoms with van der Waals surface area (Å²) >= 11 is 0. The Kier molecular flexibility index (Phi) is 4.21. The fraction of sp³-hybridized carbons (Fsp3) is 0.786. The summed E-state index contributed by atoms with van der Waals surface area (Å²) in [6, 6.07) is 0.473. The van der Waals surface area contributed by atoms with Crippen LogP contribution in [-0.2, 0) is 7.05 Å². The molecule has 0 spiro atoms. The number of hydrogen-bond donors (Lipinski definition) is 1. The maximum absolute atomic E-state index is 4.24. The first-order valence-electron chi connectivity index (χ1n) is 6.89. The molecular formula is C14H25N3. The summed E-state index contributed by atoms with van der Waals surface area (Å²) < 4.78 is 2.15. The zero-order valence-corrected chi connectivity index (χ0v) is 11.3. The van der Waals surface area contributed by atoms with Crippen molar-refractivity contribution >= 4 is 0 Å². The number of hydrogen-bond acceptors (Lipinski definition) is 2. The predicted octanol–water partition coefficient (Wildman–Crippen LogP) is 2.90. The molecule has 2 rings (SSSR count). The average Bonchev–Trinajstić information content (AvgIpc) is 2.78. The summed E-state index contributed by atoms with van der Waals surface area (Å²) in [7, 11) is 4.16. The van der Waals surface area contributed by atoms with Crippen LogP contribution in [-0.4, -0.2) is 16.6 Å². The van der Waals surface area contributed by atoms with Crippen LogP contribution < -0.4 is 5.32 Å². The smallest absolute Gasteiger partial charge is 0.0946 e. The number of imidazole rings is 1. The maximum Gasteiger partial charge on any atom is 0.0946 e. The molecule has 1 saturated carbocycles. The van der Waals surface area contributed by atoms with Crippen molar-refractivity contribution in [2.24, 2.45) is 18.9 Å². The Bertz CT molecular complexity index is 337. The highest BCUT2D eigenvalue weighted by Crippen LogP contribution is 2.37. The van der Waals surface area contributed by atoms with Gasteiger partial charge in [0.1, 0.15) is 0 Å². The fourth-order valence-electron chi connectivity index (χ4n) is 3.22. The molecule has 1 aliphatic rings. The molecule has 1 heterocycles. The molecule has 1 atom stereocenters. The molecule has 1 N–H and O–H groups in total. The molecule has 3 heteroatoms. The summed E-state index contributed by atoms with van der Waals surface area (Å²) in [6.45, 7) is 2.32. The van der Waals surface area contributed by atoms with E-state index in [1.54, 1.807) is 0 Å². The molecule has 3 nitrogen and oxygen atoms in total. The van der Waals surface area contributed by atoms with E-state index >= 15 is 0 Å². The minimum Gasteiger partial charge on any atom is -0.336 e. The molecule has 1 aromatic rings. The van der Waals surface area contributed by atoms with E-state index in [-0.39, 0.29) is 0 Å². The minimum atomic E-state index is 0.473.